The third kappa shape index (κ3) is 4.47. The highest BCUT2D eigenvalue weighted by Crippen LogP contribution is 2.27. The van der Waals surface area contributed by atoms with E-state index in [1.165, 1.54) is 13.3 Å². The maximum atomic E-state index is 12.0. The molecule has 1 amide bonds. The lowest BCUT2D eigenvalue weighted by Crippen LogP contribution is -2.18. The third-order valence-corrected chi connectivity index (χ3v) is 3.30. The number of carbonyl (C=O) groups is 1. The lowest BCUT2D eigenvalue weighted by Gasteiger charge is -2.09. The fraction of sp³-hybridized carbons (Fsp3) is 0.176. The standard InChI is InChI=1S/C17H17N3O6/c1-3-26-16-8-11(4-7-15(16)25-2)10-18-19-17(22)13-9-12(20(23)24)5-6-14(13)21/h4-10,21H,3H2,1-2H3,(H,19,22)/b18-10+. The number of nitrogens with one attached hydrogen (secondary N) is 1. The van der Waals surface area contributed by atoms with Crippen molar-refractivity contribution in [1.82, 2.24) is 5.43 Å². The Bertz CT molecular complexity index is 850. The number of non-ortho nitro benzene ring substituents is 1. The third-order valence-electron chi connectivity index (χ3n) is 3.30. The van der Waals surface area contributed by atoms with E-state index >= 15 is 0 Å². The summed E-state index contributed by atoms with van der Waals surface area (Å²) in [5, 5.41) is 24.2. The summed E-state index contributed by atoms with van der Waals surface area (Å²) in [4.78, 5) is 22.2. The van der Waals surface area contributed by atoms with Crippen LogP contribution in [0.15, 0.2) is 41.5 Å². The lowest BCUT2D eigenvalue weighted by molar-refractivity contribution is -0.384. The summed E-state index contributed by atoms with van der Waals surface area (Å²) < 4.78 is 10.6. The topological polar surface area (TPSA) is 123 Å². The summed E-state index contributed by atoms with van der Waals surface area (Å²) in [5.74, 6) is -0.0662. The van der Waals surface area contributed by atoms with Gasteiger partial charge in [0.15, 0.2) is 11.5 Å². The van der Waals surface area contributed by atoms with E-state index in [4.69, 9.17) is 9.47 Å². The van der Waals surface area contributed by atoms with Gasteiger partial charge in [-0.3, -0.25) is 14.9 Å². The minimum absolute atomic E-state index is 0.249. The summed E-state index contributed by atoms with van der Waals surface area (Å²) in [6.07, 6.45) is 1.37. The minimum Gasteiger partial charge on any atom is -0.507 e. The number of nitrogens with zero attached hydrogens (tertiary/aromatic N) is 2. The average molecular weight is 359 g/mol. The van der Waals surface area contributed by atoms with E-state index in [1.807, 2.05) is 6.92 Å². The fourth-order valence-electron chi connectivity index (χ4n) is 2.09. The number of hydrazone groups is 1. The van der Waals surface area contributed by atoms with Gasteiger partial charge in [-0.05, 0) is 36.8 Å². The molecular weight excluding hydrogens is 342 g/mol. The molecule has 0 spiro atoms. The van der Waals surface area contributed by atoms with Gasteiger partial charge in [-0.2, -0.15) is 5.10 Å². The second-order valence-electron chi connectivity index (χ2n) is 5.00. The molecule has 26 heavy (non-hydrogen) atoms. The molecule has 9 heteroatoms. The minimum atomic E-state index is -0.777. The van der Waals surface area contributed by atoms with Crippen LogP contribution in [0, 0.1) is 10.1 Å². The average Bonchev–Trinajstić information content (AvgIpc) is 2.62. The van der Waals surface area contributed by atoms with Crippen molar-refractivity contribution in [2.75, 3.05) is 13.7 Å². The molecule has 0 atom stereocenters. The second kappa shape index (κ2) is 8.47. The van der Waals surface area contributed by atoms with Gasteiger partial charge in [0, 0.05) is 12.1 Å². The molecule has 136 valence electrons. The molecule has 0 saturated heterocycles. The monoisotopic (exact) mass is 359 g/mol. The highest BCUT2D eigenvalue weighted by Gasteiger charge is 2.16. The first-order chi connectivity index (χ1) is 12.5. The molecule has 0 radical (unpaired) electrons. The van der Waals surface area contributed by atoms with Crippen LogP contribution in [0.4, 0.5) is 5.69 Å². The Morgan fingerprint density at radius 2 is 2.08 bits per heavy atom. The molecular formula is C17H17N3O6. The quantitative estimate of drug-likeness (QED) is 0.445. The van der Waals surface area contributed by atoms with Crippen LogP contribution in [0.5, 0.6) is 17.2 Å². The van der Waals surface area contributed by atoms with Crippen molar-refractivity contribution in [1.29, 1.82) is 0 Å². The van der Waals surface area contributed by atoms with Crippen molar-refractivity contribution in [3.8, 4) is 17.2 Å². The van der Waals surface area contributed by atoms with E-state index in [0.29, 0.717) is 23.7 Å². The molecule has 2 aromatic carbocycles. The van der Waals surface area contributed by atoms with Crippen molar-refractivity contribution in [3.63, 3.8) is 0 Å². The van der Waals surface area contributed by atoms with Gasteiger partial charge in [-0.25, -0.2) is 5.43 Å². The normalized spacial score (nSPS) is 10.5. The van der Waals surface area contributed by atoms with Gasteiger partial charge in [0.25, 0.3) is 11.6 Å². The number of amides is 1. The Morgan fingerprint density at radius 3 is 2.73 bits per heavy atom. The Kier molecular flexibility index (Phi) is 6.10. The Balaban J connectivity index is 2.13. The molecule has 2 aromatic rings. The first-order valence-electron chi connectivity index (χ1n) is 7.58. The van der Waals surface area contributed by atoms with Crippen molar-refractivity contribution in [2.24, 2.45) is 5.10 Å². The number of carbonyl (C=O) groups excluding carboxylic acids is 1. The number of benzene rings is 2. The Hall–Kier alpha value is -3.62. The van der Waals surface area contributed by atoms with Gasteiger partial charge in [0.05, 0.1) is 30.4 Å². The number of ether oxygens (including phenoxy) is 2. The van der Waals surface area contributed by atoms with Crippen LogP contribution in [0.1, 0.15) is 22.8 Å². The SMILES string of the molecule is CCOc1cc(/C=N/NC(=O)c2cc([N+](=O)[O-])ccc2O)ccc1OC. The van der Waals surface area contributed by atoms with Crippen LogP contribution < -0.4 is 14.9 Å². The molecule has 0 aliphatic heterocycles. The van der Waals surface area contributed by atoms with Crippen LogP contribution in [0.3, 0.4) is 0 Å². The largest absolute Gasteiger partial charge is 0.507 e. The van der Waals surface area contributed by atoms with Crippen LogP contribution in [0.25, 0.3) is 0 Å². The van der Waals surface area contributed by atoms with Crippen LogP contribution in [0.2, 0.25) is 0 Å². The molecule has 2 rings (SSSR count). The van der Waals surface area contributed by atoms with Crippen molar-refractivity contribution in [3.05, 3.63) is 57.6 Å². The predicted molar refractivity (Wildman–Crippen MR) is 94.0 cm³/mol. The zero-order valence-electron chi connectivity index (χ0n) is 14.1. The number of methoxy groups -OCH3 is 1. The highest BCUT2D eigenvalue weighted by atomic mass is 16.6. The van der Waals surface area contributed by atoms with Crippen molar-refractivity contribution < 1.29 is 24.3 Å². The van der Waals surface area contributed by atoms with Crippen LogP contribution in [-0.2, 0) is 0 Å². The van der Waals surface area contributed by atoms with Gasteiger partial charge in [-0.15, -0.1) is 0 Å². The van der Waals surface area contributed by atoms with Crippen molar-refractivity contribution >= 4 is 17.8 Å². The first kappa shape index (κ1) is 18.7. The van der Waals surface area contributed by atoms with Crippen LogP contribution >= 0.6 is 0 Å². The summed E-state index contributed by atoms with van der Waals surface area (Å²) >= 11 is 0. The molecule has 0 aliphatic carbocycles. The summed E-state index contributed by atoms with van der Waals surface area (Å²) in [6, 6.07) is 8.24. The summed E-state index contributed by atoms with van der Waals surface area (Å²) in [7, 11) is 1.53. The first-order valence-corrected chi connectivity index (χ1v) is 7.58. The van der Waals surface area contributed by atoms with E-state index < -0.39 is 10.8 Å². The van der Waals surface area contributed by atoms with Gasteiger partial charge in [0.2, 0.25) is 0 Å². The smallest absolute Gasteiger partial charge is 0.275 e. The molecule has 0 unspecified atom stereocenters. The van der Waals surface area contributed by atoms with E-state index in [-0.39, 0.29) is 17.0 Å². The molecule has 0 aromatic heterocycles. The van der Waals surface area contributed by atoms with Gasteiger partial charge in [0.1, 0.15) is 5.75 Å². The Labute approximate surface area is 149 Å². The number of hydrogen-bond acceptors (Lipinski definition) is 7. The zero-order chi connectivity index (χ0) is 19.1. The maximum Gasteiger partial charge on any atom is 0.275 e. The molecule has 2 N–H and O–H groups in total. The number of phenolic OH excluding ortho intramolecular Hbond substituents is 1. The van der Waals surface area contributed by atoms with E-state index in [9.17, 15) is 20.0 Å². The van der Waals surface area contributed by atoms with Gasteiger partial charge < -0.3 is 14.6 Å². The molecule has 0 saturated carbocycles. The maximum absolute atomic E-state index is 12.0. The number of hydrogen-bond donors (Lipinski definition) is 2. The number of phenols is 1. The molecule has 0 bridgehead atoms. The van der Waals surface area contributed by atoms with Gasteiger partial charge in [-0.1, -0.05) is 0 Å². The number of aromatic hydroxyl groups is 1. The van der Waals surface area contributed by atoms with E-state index in [1.54, 1.807) is 18.2 Å². The predicted octanol–water partition coefficient (Wildman–Crippen LogP) is 2.47. The second-order valence-corrected chi connectivity index (χ2v) is 5.00. The molecule has 0 fully saturated rings. The molecule has 9 nitrogen and oxygen atoms in total. The van der Waals surface area contributed by atoms with E-state index in [2.05, 4.69) is 10.5 Å². The number of rotatable bonds is 7. The van der Waals surface area contributed by atoms with E-state index in [0.717, 1.165) is 18.2 Å². The van der Waals surface area contributed by atoms with Crippen LogP contribution in [-0.4, -0.2) is 35.9 Å². The zero-order valence-corrected chi connectivity index (χ0v) is 14.1. The number of nitro benzene ring substituents is 1. The number of nitro groups is 1. The lowest BCUT2D eigenvalue weighted by atomic mass is 10.1. The summed E-state index contributed by atoms with van der Waals surface area (Å²) in [5.41, 5.74) is 2.29. The van der Waals surface area contributed by atoms with Crippen molar-refractivity contribution in [2.45, 2.75) is 6.92 Å². The summed E-state index contributed by atoms with van der Waals surface area (Å²) in [6.45, 7) is 2.30. The molecule has 0 aliphatic rings. The highest BCUT2D eigenvalue weighted by molar-refractivity contribution is 5.98. The van der Waals surface area contributed by atoms with Gasteiger partial charge >= 0.3 is 0 Å². The Morgan fingerprint density at radius 1 is 1.31 bits per heavy atom. The fourth-order valence-corrected chi connectivity index (χ4v) is 2.09. The molecule has 0 heterocycles.